The van der Waals surface area contributed by atoms with Crippen LogP contribution in [-0.4, -0.2) is 48.7 Å². The summed E-state index contributed by atoms with van der Waals surface area (Å²) in [7, 11) is 1.68. The molecule has 0 spiro atoms. The highest BCUT2D eigenvalue weighted by Gasteiger charge is 2.24. The second-order valence-corrected chi connectivity index (χ2v) is 8.19. The third-order valence-corrected chi connectivity index (χ3v) is 6.21. The highest BCUT2D eigenvalue weighted by Crippen LogP contribution is 2.23. The highest BCUT2D eigenvalue weighted by molar-refractivity contribution is 5.95. The summed E-state index contributed by atoms with van der Waals surface area (Å²) < 4.78 is 7.51. The van der Waals surface area contributed by atoms with Crippen molar-refractivity contribution in [2.24, 2.45) is 0 Å². The summed E-state index contributed by atoms with van der Waals surface area (Å²) in [4.78, 5) is 17.8. The zero-order valence-electron chi connectivity index (χ0n) is 18.7. The van der Waals surface area contributed by atoms with Crippen molar-refractivity contribution in [1.82, 2.24) is 9.47 Å². The van der Waals surface area contributed by atoms with Gasteiger partial charge in [0.25, 0.3) is 5.91 Å². The first-order chi connectivity index (χ1) is 15.1. The number of rotatable bonds is 5. The van der Waals surface area contributed by atoms with Gasteiger partial charge in [-0.05, 0) is 56.2 Å². The number of anilines is 1. The van der Waals surface area contributed by atoms with Crippen LogP contribution in [0.5, 0.6) is 5.75 Å². The van der Waals surface area contributed by atoms with Crippen molar-refractivity contribution >= 4 is 11.6 Å². The third-order valence-electron chi connectivity index (χ3n) is 6.21. The van der Waals surface area contributed by atoms with Crippen LogP contribution < -0.4 is 9.64 Å². The predicted octanol–water partition coefficient (Wildman–Crippen LogP) is 4.51. The average Bonchev–Trinajstić information content (AvgIpc) is 2.98. The normalized spacial score (nSPS) is 14.4. The van der Waals surface area contributed by atoms with Crippen molar-refractivity contribution in [3.63, 3.8) is 0 Å². The Morgan fingerprint density at radius 1 is 0.935 bits per heavy atom. The van der Waals surface area contributed by atoms with Crippen LogP contribution in [0.3, 0.4) is 0 Å². The molecular weight excluding hydrogens is 386 g/mol. The van der Waals surface area contributed by atoms with Gasteiger partial charge in [-0.3, -0.25) is 4.79 Å². The molecule has 0 aliphatic carbocycles. The van der Waals surface area contributed by atoms with Gasteiger partial charge in [-0.1, -0.05) is 30.3 Å². The first-order valence-corrected chi connectivity index (χ1v) is 11.0. The fraction of sp³-hybridized carbons (Fsp3) is 0.346. The van der Waals surface area contributed by atoms with Crippen molar-refractivity contribution in [2.75, 3.05) is 38.2 Å². The molecule has 5 nitrogen and oxygen atoms in total. The third kappa shape index (κ3) is 4.61. The molecule has 3 aromatic rings. The number of nitrogens with zero attached hydrogens (tertiary/aromatic N) is 3. The lowest BCUT2D eigenvalue weighted by Gasteiger charge is -2.24. The van der Waals surface area contributed by atoms with E-state index in [2.05, 4.69) is 59.7 Å². The average molecular weight is 418 g/mol. The summed E-state index contributed by atoms with van der Waals surface area (Å²) in [6.45, 7) is 8.23. The molecule has 1 fully saturated rings. The van der Waals surface area contributed by atoms with Gasteiger partial charge in [-0.25, -0.2) is 0 Å². The van der Waals surface area contributed by atoms with E-state index in [0.29, 0.717) is 0 Å². The lowest BCUT2D eigenvalue weighted by molar-refractivity contribution is 0.0766. The van der Waals surface area contributed by atoms with Gasteiger partial charge in [0.05, 0.1) is 12.7 Å². The molecule has 1 saturated heterocycles. The molecule has 0 radical (unpaired) electrons. The van der Waals surface area contributed by atoms with Gasteiger partial charge in [-0.15, -0.1) is 0 Å². The van der Waals surface area contributed by atoms with E-state index in [9.17, 15) is 4.79 Å². The number of hydrogen-bond acceptors (Lipinski definition) is 3. The van der Waals surface area contributed by atoms with Gasteiger partial charge in [0.1, 0.15) is 5.75 Å². The predicted molar refractivity (Wildman–Crippen MR) is 125 cm³/mol. The van der Waals surface area contributed by atoms with E-state index >= 15 is 0 Å². The summed E-state index contributed by atoms with van der Waals surface area (Å²) in [6, 6.07) is 20.6. The molecule has 5 heteroatoms. The lowest BCUT2D eigenvalue weighted by Crippen LogP contribution is -2.35. The van der Waals surface area contributed by atoms with E-state index < -0.39 is 0 Å². The molecule has 2 aromatic carbocycles. The Balaban J connectivity index is 1.46. The molecule has 162 valence electrons. The molecule has 0 bridgehead atoms. The number of hydrogen-bond donors (Lipinski definition) is 0. The van der Waals surface area contributed by atoms with Crippen LogP contribution in [-0.2, 0) is 6.54 Å². The van der Waals surface area contributed by atoms with E-state index in [1.807, 2.05) is 29.2 Å². The number of methoxy groups -OCH3 is 1. The largest absolute Gasteiger partial charge is 0.497 e. The van der Waals surface area contributed by atoms with Gasteiger partial charge >= 0.3 is 0 Å². The smallest absolute Gasteiger partial charge is 0.255 e. The maximum atomic E-state index is 13.4. The van der Waals surface area contributed by atoms with Crippen LogP contribution in [0.25, 0.3) is 0 Å². The van der Waals surface area contributed by atoms with Crippen molar-refractivity contribution in [3.8, 4) is 5.75 Å². The second-order valence-electron chi connectivity index (χ2n) is 8.19. The minimum absolute atomic E-state index is 0.143. The van der Waals surface area contributed by atoms with E-state index in [1.54, 1.807) is 7.11 Å². The number of carbonyl (C=O) groups excluding carboxylic acids is 1. The zero-order chi connectivity index (χ0) is 21.8. The molecule has 1 amide bonds. The second kappa shape index (κ2) is 9.29. The van der Waals surface area contributed by atoms with E-state index in [1.165, 1.54) is 11.3 Å². The topological polar surface area (TPSA) is 37.7 Å². The van der Waals surface area contributed by atoms with Crippen molar-refractivity contribution in [1.29, 1.82) is 0 Å². The fourth-order valence-corrected chi connectivity index (χ4v) is 4.37. The Bertz CT molecular complexity index is 1020. The van der Waals surface area contributed by atoms with E-state index in [0.717, 1.165) is 61.8 Å². The molecule has 4 rings (SSSR count). The van der Waals surface area contributed by atoms with Crippen LogP contribution in [0.2, 0.25) is 0 Å². The van der Waals surface area contributed by atoms with Crippen LogP contribution in [0.4, 0.5) is 5.69 Å². The summed E-state index contributed by atoms with van der Waals surface area (Å²) in [5.41, 5.74) is 5.41. The minimum atomic E-state index is 0.143. The molecule has 1 aliphatic heterocycles. The van der Waals surface area contributed by atoms with E-state index in [-0.39, 0.29) is 5.91 Å². The Kier molecular flexibility index (Phi) is 6.31. The standard InChI is InChI=1S/C26H31N3O2/c1-20-18-25(21(2)29(20)19-22-8-5-4-6-9-22)26(30)28-15-7-14-27(16-17-28)23-10-12-24(31-3)13-11-23/h4-6,8-13,18H,7,14-17,19H2,1-3H3. The summed E-state index contributed by atoms with van der Waals surface area (Å²) >= 11 is 0. The highest BCUT2D eigenvalue weighted by atomic mass is 16.5. The molecule has 0 atom stereocenters. The molecule has 31 heavy (non-hydrogen) atoms. The number of ether oxygens (including phenoxy) is 1. The van der Waals surface area contributed by atoms with E-state index in [4.69, 9.17) is 4.74 Å². The first kappa shape index (κ1) is 21.0. The van der Waals surface area contributed by atoms with Gasteiger partial charge in [0.2, 0.25) is 0 Å². The van der Waals surface area contributed by atoms with Gasteiger partial charge < -0.3 is 19.1 Å². The number of carbonyl (C=O) groups is 1. The van der Waals surface area contributed by atoms with Crippen LogP contribution >= 0.6 is 0 Å². The Morgan fingerprint density at radius 3 is 2.39 bits per heavy atom. The summed E-state index contributed by atoms with van der Waals surface area (Å²) in [5.74, 6) is 1.00. The Morgan fingerprint density at radius 2 is 1.68 bits per heavy atom. The molecule has 0 unspecified atom stereocenters. The van der Waals surface area contributed by atoms with Crippen molar-refractivity contribution in [2.45, 2.75) is 26.8 Å². The molecule has 0 saturated carbocycles. The Hall–Kier alpha value is -3.21. The lowest BCUT2D eigenvalue weighted by atomic mass is 10.2. The van der Waals surface area contributed by atoms with Crippen LogP contribution in [0, 0.1) is 13.8 Å². The van der Waals surface area contributed by atoms with Gasteiger partial charge in [-0.2, -0.15) is 0 Å². The number of aryl methyl sites for hydroxylation is 1. The minimum Gasteiger partial charge on any atom is -0.497 e. The van der Waals surface area contributed by atoms with Crippen molar-refractivity contribution in [3.05, 3.63) is 83.2 Å². The molecule has 2 heterocycles. The maximum Gasteiger partial charge on any atom is 0.255 e. The van der Waals surface area contributed by atoms with Gasteiger partial charge in [0.15, 0.2) is 0 Å². The van der Waals surface area contributed by atoms with Crippen molar-refractivity contribution < 1.29 is 9.53 Å². The number of amides is 1. The van der Waals surface area contributed by atoms with Crippen LogP contribution in [0.15, 0.2) is 60.7 Å². The summed E-state index contributed by atoms with van der Waals surface area (Å²) in [5, 5.41) is 0. The SMILES string of the molecule is COc1ccc(N2CCCN(C(=O)c3cc(C)n(Cc4ccccc4)c3C)CC2)cc1. The van der Waals surface area contributed by atoms with Gasteiger partial charge in [0, 0.05) is 49.8 Å². The monoisotopic (exact) mass is 417 g/mol. The number of benzene rings is 2. The molecule has 0 N–H and O–H groups in total. The summed E-state index contributed by atoms with van der Waals surface area (Å²) in [6.07, 6.45) is 0.959. The Labute approximate surface area is 184 Å². The fourth-order valence-electron chi connectivity index (χ4n) is 4.37. The molecule has 1 aromatic heterocycles. The number of aromatic nitrogens is 1. The molecule has 1 aliphatic rings. The quantitative estimate of drug-likeness (QED) is 0.613. The zero-order valence-corrected chi connectivity index (χ0v) is 18.7. The maximum absolute atomic E-state index is 13.4. The van der Waals surface area contributed by atoms with Crippen LogP contribution in [0.1, 0.15) is 33.7 Å². The molecular formula is C26H31N3O2. The first-order valence-electron chi connectivity index (χ1n) is 11.0.